The normalized spacial score (nSPS) is 13.8. The zero-order valence-electron chi connectivity index (χ0n) is 13.8. The molecule has 0 radical (unpaired) electrons. The van der Waals surface area contributed by atoms with Crippen LogP contribution in [0.15, 0.2) is 53.4 Å². The predicted octanol–water partition coefficient (Wildman–Crippen LogP) is 4.68. The van der Waals surface area contributed by atoms with Crippen molar-refractivity contribution in [1.82, 2.24) is 4.72 Å². The van der Waals surface area contributed by atoms with Crippen LogP contribution in [0.4, 0.5) is 0 Å². The number of hydrogen-bond acceptors (Lipinski definition) is 2. The van der Waals surface area contributed by atoms with Gasteiger partial charge < -0.3 is 0 Å². The molecule has 23 heavy (non-hydrogen) atoms. The van der Waals surface area contributed by atoms with Gasteiger partial charge in [-0.3, -0.25) is 0 Å². The molecule has 0 aliphatic heterocycles. The highest BCUT2D eigenvalue weighted by molar-refractivity contribution is 7.89. The minimum Gasteiger partial charge on any atom is -0.207 e. The Kier molecular flexibility index (Phi) is 5.19. The van der Waals surface area contributed by atoms with E-state index in [0.29, 0.717) is 5.02 Å². The van der Waals surface area contributed by atoms with Crippen LogP contribution >= 0.6 is 11.6 Å². The van der Waals surface area contributed by atoms with Gasteiger partial charge in [-0.2, -0.15) is 0 Å². The van der Waals surface area contributed by atoms with E-state index in [4.69, 9.17) is 11.6 Å². The molecule has 0 bridgehead atoms. The van der Waals surface area contributed by atoms with Crippen LogP contribution in [0, 0.1) is 0 Å². The van der Waals surface area contributed by atoms with E-state index in [1.165, 1.54) is 0 Å². The summed E-state index contributed by atoms with van der Waals surface area (Å²) in [4.78, 5) is 0.270. The van der Waals surface area contributed by atoms with Gasteiger partial charge in [-0.15, -0.1) is 0 Å². The summed E-state index contributed by atoms with van der Waals surface area (Å²) in [5.41, 5.74) is 1.96. The summed E-state index contributed by atoms with van der Waals surface area (Å²) in [5, 5.41) is 0.626. The molecule has 0 aliphatic rings. The van der Waals surface area contributed by atoms with Crippen molar-refractivity contribution >= 4 is 21.6 Å². The Balaban J connectivity index is 2.20. The second-order valence-corrected chi connectivity index (χ2v) is 8.82. The molecule has 2 aromatic rings. The summed E-state index contributed by atoms with van der Waals surface area (Å²) in [6, 6.07) is 13.8. The van der Waals surface area contributed by atoms with E-state index < -0.39 is 10.0 Å². The first-order chi connectivity index (χ1) is 10.6. The van der Waals surface area contributed by atoms with Crippen molar-refractivity contribution in [2.45, 2.75) is 44.0 Å². The van der Waals surface area contributed by atoms with Crippen LogP contribution < -0.4 is 4.72 Å². The van der Waals surface area contributed by atoms with Crippen molar-refractivity contribution in [1.29, 1.82) is 0 Å². The van der Waals surface area contributed by atoms with Crippen molar-refractivity contribution in [2.75, 3.05) is 0 Å². The zero-order valence-corrected chi connectivity index (χ0v) is 15.4. The molecule has 0 saturated heterocycles. The molecule has 2 aromatic carbocycles. The third-order valence-electron chi connectivity index (χ3n) is 3.73. The molecule has 0 fully saturated rings. The number of nitrogens with one attached hydrogen (secondary N) is 1. The Hall–Kier alpha value is -1.36. The van der Waals surface area contributed by atoms with Crippen LogP contribution in [-0.4, -0.2) is 8.42 Å². The van der Waals surface area contributed by atoms with Crippen LogP contribution in [0.25, 0.3) is 0 Å². The summed E-state index contributed by atoms with van der Waals surface area (Å²) in [6.45, 7) is 8.09. The quantitative estimate of drug-likeness (QED) is 0.869. The van der Waals surface area contributed by atoms with Gasteiger partial charge in [0.05, 0.1) is 4.90 Å². The predicted molar refractivity (Wildman–Crippen MR) is 95.3 cm³/mol. The fraction of sp³-hybridized carbons (Fsp3) is 0.333. The summed E-state index contributed by atoms with van der Waals surface area (Å²) >= 11 is 5.86. The fourth-order valence-corrected chi connectivity index (χ4v) is 3.61. The zero-order chi connectivity index (χ0) is 17.3. The van der Waals surface area contributed by atoms with Crippen LogP contribution in [0.5, 0.6) is 0 Å². The lowest BCUT2D eigenvalue weighted by Gasteiger charge is -2.20. The Labute approximate surface area is 143 Å². The summed E-state index contributed by atoms with van der Waals surface area (Å²) in [5.74, 6) is 0. The van der Waals surface area contributed by atoms with Gasteiger partial charge >= 0.3 is 0 Å². The summed E-state index contributed by atoms with van der Waals surface area (Å²) in [7, 11) is -3.56. The van der Waals surface area contributed by atoms with E-state index >= 15 is 0 Å². The van der Waals surface area contributed by atoms with Gasteiger partial charge in [0.2, 0.25) is 10.0 Å². The molecule has 1 N–H and O–H groups in total. The smallest absolute Gasteiger partial charge is 0.207 e. The van der Waals surface area contributed by atoms with E-state index in [9.17, 15) is 8.42 Å². The number of benzene rings is 2. The van der Waals surface area contributed by atoms with E-state index in [2.05, 4.69) is 25.5 Å². The Bertz CT molecular complexity index is 760. The van der Waals surface area contributed by atoms with Gasteiger partial charge in [-0.05, 0) is 47.7 Å². The van der Waals surface area contributed by atoms with E-state index in [1.54, 1.807) is 24.3 Å². The highest BCUT2D eigenvalue weighted by atomic mass is 35.5. The maximum Gasteiger partial charge on any atom is 0.241 e. The Morgan fingerprint density at radius 1 is 0.957 bits per heavy atom. The Morgan fingerprint density at radius 3 is 1.96 bits per heavy atom. The minimum atomic E-state index is -3.56. The molecule has 0 aromatic heterocycles. The summed E-state index contributed by atoms with van der Waals surface area (Å²) < 4.78 is 27.7. The molecular formula is C18H22ClNO2S. The van der Waals surface area contributed by atoms with Gasteiger partial charge in [-0.1, -0.05) is 56.6 Å². The van der Waals surface area contributed by atoms with Crippen molar-refractivity contribution < 1.29 is 8.42 Å². The molecule has 1 unspecified atom stereocenters. The second-order valence-electron chi connectivity index (χ2n) is 6.67. The van der Waals surface area contributed by atoms with Gasteiger partial charge in [0, 0.05) is 11.1 Å². The first-order valence-electron chi connectivity index (χ1n) is 7.48. The number of halogens is 1. The first kappa shape index (κ1) is 18.0. The largest absolute Gasteiger partial charge is 0.241 e. The minimum absolute atomic E-state index is 0.00762. The van der Waals surface area contributed by atoms with Crippen LogP contribution in [0.2, 0.25) is 5.02 Å². The van der Waals surface area contributed by atoms with Crippen molar-refractivity contribution in [3.8, 4) is 0 Å². The van der Waals surface area contributed by atoms with Crippen LogP contribution in [0.1, 0.15) is 44.9 Å². The SMILES string of the molecule is CC(NS(=O)(=O)c1ccc(C(C)(C)C)cc1)c1ccc(Cl)cc1. The van der Waals surface area contributed by atoms with Crippen LogP contribution in [-0.2, 0) is 15.4 Å². The van der Waals surface area contributed by atoms with Gasteiger partial charge in [-0.25, -0.2) is 13.1 Å². The lowest BCUT2D eigenvalue weighted by atomic mass is 9.87. The maximum absolute atomic E-state index is 12.5. The molecule has 3 nitrogen and oxygen atoms in total. The second kappa shape index (κ2) is 6.63. The molecular weight excluding hydrogens is 330 g/mol. The number of rotatable bonds is 4. The highest BCUT2D eigenvalue weighted by Gasteiger charge is 2.20. The molecule has 0 spiro atoms. The number of hydrogen-bond donors (Lipinski definition) is 1. The first-order valence-corrected chi connectivity index (χ1v) is 9.34. The lowest BCUT2D eigenvalue weighted by Crippen LogP contribution is -2.27. The van der Waals surface area contributed by atoms with E-state index in [0.717, 1.165) is 11.1 Å². The van der Waals surface area contributed by atoms with E-state index in [1.807, 2.05) is 31.2 Å². The maximum atomic E-state index is 12.5. The molecule has 0 amide bonds. The Morgan fingerprint density at radius 2 is 1.48 bits per heavy atom. The van der Waals surface area contributed by atoms with Gasteiger partial charge in [0.15, 0.2) is 0 Å². The molecule has 0 aliphatic carbocycles. The third-order valence-corrected chi connectivity index (χ3v) is 5.54. The topological polar surface area (TPSA) is 46.2 Å². The summed E-state index contributed by atoms with van der Waals surface area (Å²) in [6.07, 6.45) is 0. The molecule has 124 valence electrons. The average molecular weight is 352 g/mol. The molecule has 2 rings (SSSR count). The van der Waals surface area contributed by atoms with Crippen molar-refractivity contribution in [3.63, 3.8) is 0 Å². The lowest BCUT2D eigenvalue weighted by molar-refractivity contribution is 0.565. The number of sulfonamides is 1. The standard InChI is InChI=1S/C18H22ClNO2S/c1-13(14-5-9-16(19)10-6-14)20-23(21,22)17-11-7-15(8-12-17)18(2,3)4/h5-13,20H,1-4H3. The van der Waals surface area contributed by atoms with Gasteiger partial charge in [0.25, 0.3) is 0 Å². The van der Waals surface area contributed by atoms with E-state index in [-0.39, 0.29) is 16.4 Å². The highest BCUT2D eigenvalue weighted by Crippen LogP contribution is 2.24. The van der Waals surface area contributed by atoms with Crippen molar-refractivity contribution in [2.24, 2.45) is 0 Å². The monoisotopic (exact) mass is 351 g/mol. The third kappa shape index (κ3) is 4.56. The fourth-order valence-electron chi connectivity index (χ4n) is 2.25. The average Bonchev–Trinajstić information content (AvgIpc) is 2.46. The molecule has 5 heteroatoms. The van der Waals surface area contributed by atoms with Gasteiger partial charge in [0.1, 0.15) is 0 Å². The molecule has 0 heterocycles. The molecule has 1 atom stereocenters. The van der Waals surface area contributed by atoms with Crippen LogP contribution in [0.3, 0.4) is 0 Å². The molecule has 0 saturated carbocycles. The van der Waals surface area contributed by atoms with Crippen molar-refractivity contribution in [3.05, 3.63) is 64.7 Å².